The number of nitrogens with one attached hydrogen (secondary N) is 1. The van der Waals surface area contributed by atoms with Crippen molar-refractivity contribution in [1.29, 1.82) is 0 Å². The van der Waals surface area contributed by atoms with Crippen LogP contribution in [0.25, 0.3) is 0 Å². The van der Waals surface area contributed by atoms with Gasteiger partial charge in [-0.3, -0.25) is 4.79 Å². The van der Waals surface area contributed by atoms with Gasteiger partial charge in [-0.25, -0.2) is 8.78 Å². The zero-order valence-electron chi connectivity index (χ0n) is 11.8. The summed E-state index contributed by atoms with van der Waals surface area (Å²) in [6.07, 6.45) is 0. The number of rotatable bonds is 4. The Labute approximate surface area is 125 Å². The Hall–Kier alpha value is -2.83. The Morgan fingerprint density at radius 1 is 1.14 bits per heavy atom. The van der Waals surface area contributed by atoms with E-state index in [1.807, 2.05) is 0 Å². The zero-order valence-corrected chi connectivity index (χ0v) is 11.8. The van der Waals surface area contributed by atoms with Gasteiger partial charge in [0.05, 0.1) is 19.9 Å². The van der Waals surface area contributed by atoms with E-state index in [0.717, 1.165) is 0 Å². The van der Waals surface area contributed by atoms with E-state index in [-0.39, 0.29) is 11.4 Å². The van der Waals surface area contributed by atoms with E-state index in [2.05, 4.69) is 5.32 Å². The highest BCUT2D eigenvalue weighted by atomic mass is 19.1. The predicted molar refractivity (Wildman–Crippen MR) is 75.5 cm³/mol. The van der Waals surface area contributed by atoms with E-state index in [9.17, 15) is 18.7 Å². The van der Waals surface area contributed by atoms with Crippen molar-refractivity contribution in [2.45, 2.75) is 0 Å². The zero-order chi connectivity index (χ0) is 16.3. The lowest BCUT2D eigenvalue weighted by Gasteiger charge is -2.12. The van der Waals surface area contributed by atoms with Crippen molar-refractivity contribution < 1.29 is 28.2 Å². The van der Waals surface area contributed by atoms with Gasteiger partial charge in [0.15, 0.2) is 0 Å². The molecule has 2 rings (SSSR count). The first kappa shape index (κ1) is 15.6. The summed E-state index contributed by atoms with van der Waals surface area (Å²) in [4.78, 5) is 12.1. The molecule has 22 heavy (non-hydrogen) atoms. The van der Waals surface area contributed by atoms with Crippen molar-refractivity contribution in [3.8, 4) is 17.2 Å². The molecule has 0 atom stereocenters. The fourth-order valence-corrected chi connectivity index (χ4v) is 1.87. The second kappa shape index (κ2) is 6.30. The van der Waals surface area contributed by atoms with Crippen molar-refractivity contribution in [2.24, 2.45) is 0 Å². The molecule has 2 aromatic carbocycles. The quantitative estimate of drug-likeness (QED) is 0.911. The molecule has 0 bridgehead atoms. The first-order valence-corrected chi connectivity index (χ1v) is 6.17. The van der Waals surface area contributed by atoms with Gasteiger partial charge in [-0.05, 0) is 12.1 Å². The van der Waals surface area contributed by atoms with Gasteiger partial charge in [-0.1, -0.05) is 0 Å². The van der Waals surface area contributed by atoms with Crippen LogP contribution in [-0.2, 0) is 0 Å². The molecular formula is C15H13F2NO4. The van der Waals surface area contributed by atoms with E-state index < -0.39 is 28.9 Å². The summed E-state index contributed by atoms with van der Waals surface area (Å²) in [6.45, 7) is 0. The highest BCUT2D eigenvalue weighted by Gasteiger charge is 2.20. The van der Waals surface area contributed by atoms with Gasteiger partial charge in [0.1, 0.15) is 34.4 Å². The number of phenols is 1. The van der Waals surface area contributed by atoms with Crippen molar-refractivity contribution in [3.63, 3.8) is 0 Å². The van der Waals surface area contributed by atoms with E-state index in [4.69, 9.17) is 9.47 Å². The molecule has 0 spiro atoms. The maximum absolute atomic E-state index is 13.7. The van der Waals surface area contributed by atoms with Crippen LogP contribution in [0.15, 0.2) is 30.3 Å². The molecule has 7 heteroatoms. The van der Waals surface area contributed by atoms with E-state index >= 15 is 0 Å². The van der Waals surface area contributed by atoms with Crippen molar-refractivity contribution in [1.82, 2.24) is 0 Å². The topological polar surface area (TPSA) is 67.8 Å². The van der Waals surface area contributed by atoms with Crippen molar-refractivity contribution >= 4 is 11.6 Å². The minimum absolute atomic E-state index is 0.247. The van der Waals surface area contributed by atoms with Gasteiger partial charge < -0.3 is 19.9 Å². The first-order valence-electron chi connectivity index (χ1n) is 6.17. The fraction of sp³-hybridized carbons (Fsp3) is 0.133. The highest BCUT2D eigenvalue weighted by Crippen LogP contribution is 2.30. The fourth-order valence-electron chi connectivity index (χ4n) is 1.87. The maximum Gasteiger partial charge on any atom is 0.262 e. The number of aromatic hydroxyl groups is 1. The summed E-state index contributed by atoms with van der Waals surface area (Å²) in [7, 11) is 2.86. The van der Waals surface area contributed by atoms with Gasteiger partial charge in [-0.15, -0.1) is 0 Å². The summed E-state index contributed by atoms with van der Waals surface area (Å²) >= 11 is 0. The van der Waals surface area contributed by atoms with E-state index in [1.165, 1.54) is 26.4 Å². The lowest BCUT2D eigenvalue weighted by atomic mass is 10.1. The second-order valence-electron chi connectivity index (χ2n) is 4.30. The Bertz CT molecular complexity index is 696. The Balaban J connectivity index is 2.34. The number of amides is 1. The molecule has 2 N–H and O–H groups in total. The molecule has 0 aliphatic heterocycles. The van der Waals surface area contributed by atoms with E-state index in [1.54, 1.807) is 6.07 Å². The third-order valence-corrected chi connectivity index (χ3v) is 2.92. The minimum Gasteiger partial charge on any atom is -0.507 e. The normalized spacial score (nSPS) is 10.2. The third kappa shape index (κ3) is 3.08. The Morgan fingerprint density at radius 2 is 1.86 bits per heavy atom. The first-order chi connectivity index (χ1) is 10.5. The number of carbonyl (C=O) groups is 1. The number of ether oxygens (including phenoxy) is 2. The number of hydrogen-bond acceptors (Lipinski definition) is 4. The highest BCUT2D eigenvalue weighted by molar-refractivity contribution is 6.07. The molecule has 0 fully saturated rings. The average molecular weight is 309 g/mol. The molecule has 0 saturated carbocycles. The number of carbonyl (C=O) groups excluding carboxylic acids is 1. The number of hydrogen-bond donors (Lipinski definition) is 2. The molecule has 0 saturated heterocycles. The Kier molecular flexibility index (Phi) is 4.45. The van der Waals surface area contributed by atoms with Gasteiger partial charge in [0.25, 0.3) is 5.91 Å². The molecule has 0 aromatic heterocycles. The lowest BCUT2D eigenvalue weighted by Crippen LogP contribution is -2.15. The van der Waals surface area contributed by atoms with Crippen LogP contribution < -0.4 is 14.8 Å². The number of methoxy groups -OCH3 is 2. The molecule has 0 unspecified atom stereocenters. The van der Waals surface area contributed by atoms with Crippen LogP contribution in [0.5, 0.6) is 17.2 Å². The van der Waals surface area contributed by atoms with Crippen molar-refractivity contribution in [2.75, 3.05) is 19.5 Å². The van der Waals surface area contributed by atoms with Gasteiger partial charge in [0.2, 0.25) is 0 Å². The third-order valence-electron chi connectivity index (χ3n) is 2.92. The largest absolute Gasteiger partial charge is 0.507 e. The van der Waals surface area contributed by atoms with Crippen LogP contribution in [-0.4, -0.2) is 25.2 Å². The number of anilines is 1. The monoisotopic (exact) mass is 309 g/mol. The van der Waals surface area contributed by atoms with Crippen LogP contribution in [0.2, 0.25) is 0 Å². The molecule has 0 aliphatic rings. The van der Waals surface area contributed by atoms with Crippen LogP contribution in [0.3, 0.4) is 0 Å². The van der Waals surface area contributed by atoms with Gasteiger partial charge in [-0.2, -0.15) is 0 Å². The maximum atomic E-state index is 13.7. The SMILES string of the molecule is COc1ccc(NC(=O)c2c(O)cc(F)cc2F)c(OC)c1. The minimum atomic E-state index is -1.16. The van der Waals surface area contributed by atoms with E-state index in [0.29, 0.717) is 17.9 Å². The molecule has 5 nitrogen and oxygen atoms in total. The smallest absolute Gasteiger partial charge is 0.262 e. The molecule has 0 aliphatic carbocycles. The van der Waals surface area contributed by atoms with Crippen LogP contribution in [0, 0.1) is 11.6 Å². The summed E-state index contributed by atoms with van der Waals surface area (Å²) < 4.78 is 36.7. The Morgan fingerprint density at radius 3 is 2.45 bits per heavy atom. The lowest BCUT2D eigenvalue weighted by molar-refractivity contribution is 0.102. The molecule has 0 radical (unpaired) electrons. The summed E-state index contributed by atoms with van der Waals surface area (Å²) in [6, 6.07) is 5.76. The standard InChI is InChI=1S/C15H13F2NO4/c1-21-9-3-4-11(13(7-9)22-2)18-15(20)14-10(17)5-8(16)6-12(14)19/h3-7,19H,1-2H3,(H,18,20). The number of phenolic OH excluding ortho intramolecular Hbond substituents is 1. The summed E-state index contributed by atoms with van der Waals surface area (Å²) in [5.74, 6) is -3.07. The van der Waals surface area contributed by atoms with Gasteiger partial charge >= 0.3 is 0 Å². The van der Waals surface area contributed by atoms with Gasteiger partial charge in [0, 0.05) is 18.2 Å². The van der Waals surface area contributed by atoms with Crippen LogP contribution in [0.4, 0.5) is 14.5 Å². The molecule has 0 heterocycles. The number of halogens is 2. The van der Waals surface area contributed by atoms with Crippen LogP contribution >= 0.6 is 0 Å². The predicted octanol–water partition coefficient (Wildman–Crippen LogP) is 2.94. The number of benzene rings is 2. The molecular weight excluding hydrogens is 296 g/mol. The van der Waals surface area contributed by atoms with Crippen LogP contribution in [0.1, 0.15) is 10.4 Å². The molecule has 1 amide bonds. The summed E-state index contributed by atoms with van der Waals surface area (Å²) in [5.41, 5.74) is -0.407. The summed E-state index contributed by atoms with van der Waals surface area (Å²) in [5, 5.41) is 11.9. The second-order valence-corrected chi connectivity index (χ2v) is 4.30. The molecule has 116 valence electrons. The van der Waals surface area contributed by atoms with Crippen molar-refractivity contribution in [3.05, 3.63) is 47.5 Å². The average Bonchev–Trinajstić information content (AvgIpc) is 2.46. The molecule has 2 aromatic rings.